The SMILES string of the molecule is Cc1c(F)ccc2c1C(S)CCN2. The predicted octanol–water partition coefficient (Wildman–Crippen LogP) is 2.92. The smallest absolute Gasteiger partial charge is 0.126 e. The van der Waals surface area contributed by atoms with Crippen molar-refractivity contribution in [1.29, 1.82) is 0 Å². The molecule has 13 heavy (non-hydrogen) atoms. The highest BCUT2D eigenvalue weighted by molar-refractivity contribution is 7.80. The van der Waals surface area contributed by atoms with Crippen molar-refractivity contribution >= 4 is 18.3 Å². The van der Waals surface area contributed by atoms with E-state index in [1.807, 2.05) is 6.92 Å². The fourth-order valence-corrected chi connectivity index (χ4v) is 2.24. The molecule has 1 aliphatic heterocycles. The lowest BCUT2D eigenvalue weighted by Crippen LogP contribution is -2.15. The van der Waals surface area contributed by atoms with E-state index in [9.17, 15) is 4.39 Å². The standard InChI is InChI=1S/C10H12FNS/c1-6-7(11)2-3-8-10(6)9(13)4-5-12-8/h2-3,9,12-13H,4-5H2,1H3. The Morgan fingerprint density at radius 2 is 2.31 bits per heavy atom. The van der Waals surface area contributed by atoms with Gasteiger partial charge in [0.15, 0.2) is 0 Å². The maximum Gasteiger partial charge on any atom is 0.126 e. The van der Waals surface area contributed by atoms with Gasteiger partial charge < -0.3 is 5.32 Å². The monoisotopic (exact) mass is 197 g/mol. The highest BCUT2D eigenvalue weighted by Gasteiger charge is 2.20. The van der Waals surface area contributed by atoms with E-state index in [2.05, 4.69) is 17.9 Å². The molecule has 0 spiro atoms. The van der Waals surface area contributed by atoms with Gasteiger partial charge in [-0.1, -0.05) is 0 Å². The number of anilines is 1. The molecule has 0 saturated heterocycles. The third kappa shape index (κ3) is 1.41. The van der Waals surface area contributed by atoms with Gasteiger partial charge in [-0.25, -0.2) is 4.39 Å². The number of hydrogen-bond acceptors (Lipinski definition) is 2. The Balaban J connectivity index is 2.58. The van der Waals surface area contributed by atoms with Crippen molar-refractivity contribution < 1.29 is 4.39 Å². The quantitative estimate of drug-likeness (QED) is 0.609. The van der Waals surface area contributed by atoms with E-state index in [1.165, 1.54) is 6.07 Å². The summed E-state index contributed by atoms with van der Waals surface area (Å²) < 4.78 is 13.2. The average Bonchev–Trinajstić information content (AvgIpc) is 2.12. The molecule has 0 aromatic heterocycles. The molecule has 1 aromatic carbocycles. The zero-order chi connectivity index (χ0) is 9.42. The normalized spacial score (nSPS) is 20.7. The first-order chi connectivity index (χ1) is 6.20. The van der Waals surface area contributed by atoms with Gasteiger partial charge in [0.2, 0.25) is 0 Å². The van der Waals surface area contributed by atoms with E-state index in [1.54, 1.807) is 6.07 Å². The molecule has 1 nitrogen and oxygen atoms in total. The first-order valence-corrected chi connectivity index (χ1v) is 4.92. The lowest BCUT2D eigenvalue weighted by Gasteiger charge is -2.25. The minimum Gasteiger partial charge on any atom is -0.385 e. The van der Waals surface area contributed by atoms with Crippen LogP contribution in [0.3, 0.4) is 0 Å². The summed E-state index contributed by atoms with van der Waals surface area (Å²) in [6.07, 6.45) is 0.959. The summed E-state index contributed by atoms with van der Waals surface area (Å²) in [6.45, 7) is 2.73. The molecule has 0 fully saturated rings. The molecule has 0 amide bonds. The van der Waals surface area contributed by atoms with Crippen molar-refractivity contribution in [2.24, 2.45) is 0 Å². The van der Waals surface area contributed by atoms with Gasteiger partial charge in [-0.3, -0.25) is 0 Å². The number of fused-ring (bicyclic) bond motifs is 1. The Bertz CT molecular complexity index is 338. The molecule has 3 heteroatoms. The van der Waals surface area contributed by atoms with E-state index in [4.69, 9.17) is 0 Å². The minimum absolute atomic E-state index is 0.137. The zero-order valence-corrected chi connectivity index (χ0v) is 8.37. The summed E-state index contributed by atoms with van der Waals surface area (Å²) in [6, 6.07) is 3.30. The second kappa shape index (κ2) is 3.22. The van der Waals surface area contributed by atoms with Crippen LogP contribution in [-0.2, 0) is 0 Å². The van der Waals surface area contributed by atoms with E-state index in [-0.39, 0.29) is 11.1 Å². The molecule has 0 aliphatic carbocycles. The van der Waals surface area contributed by atoms with Crippen LogP contribution < -0.4 is 5.32 Å². The third-order valence-corrected chi connectivity index (χ3v) is 3.03. The van der Waals surface area contributed by atoms with Crippen LogP contribution in [0.5, 0.6) is 0 Å². The van der Waals surface area contributed by atoms with Crippen molar-refractivity contribution in [1.82, 2.24) is 0 Å². The molecule has 1 N–H and O–H groups in total. The minimum atomic E-state index is -0.137. The molecule has 1 atom stereocenters. The lowest BCUT2D eigenvalue weighted by molar-refractivity contribution is 0.613. The Labute approximate surface area is 82.8 Å². The van der Waals surface area contributed by atoms with Gasteiger partial charge in [-0.2, -0.15) is 12.6 Å². The third-order valence-electron chi connectivity index (χ3n) is 2.52. The number of hydrogen-bond donors (Lipinski definition) is 2. The van der Waals surface area contributed by atoms with Crippen molar-refractivity contribution in [2.75, 3.05) is 11.9 Å². The maximum absolute atomic E-state index is 13.2. The highest BCUT2D eigenvalue weighted by atomic mass is 32.1. The molecule has 1 aromatic rings. The van der Waals surface area contributed by atoms with Gasteiger partial charge in [-0.05, 0) is 36.6 Å². The van der Waals surface area contributed by atoms with Crippen molar-refractivity contribution in [2.45, 2.75) is 18.6 Å². The molecule has 0 bridgehead atoms. The number of thiol groups is 1. The largest absolute Gasteiger partial charge is 0.385 e. The van der Waals surface area contributed by atoms with E-state index in [0.717, 1.165) is 29.8 Å². The number of halogens is 1. The lowest BCUT2D eigenvalue weighted by atomic mass is 9.97. The average molecular weight is 197 g/mol. The van der Waals surface area contributed by atoms with Crippen LogP contribution >= 0.6 is 12.6 Å². The van der Waals surface area contributed by atoms with Gasteiger partial charge in [0.05, 0.1) is 0 Å². The summed E-state index contributed by atoms with van der Waals surface area (Å²) in [4.78, 5) is 0. The number of benzene rings is 1. The fourth-order valence-electron chi connectivity index (χ4n) is 1.77. The second-order valence-corrected chi connectivity index (χ2v) is 3.99. The Kier molecular flexibility index (Phi) is 2.20. The van der Waals surface area contributed by atoms with E-state index in [0.29, 0.717) is 0 Å². The van der Waals surface area contributed by atoms with Crippen molar-refractivity contribution in [3.05, 3.63) is 29.1 Å². The molecule has 1 unspecified atom stereocenters. The van der Waals surface area contributed by atoms with Gasteiger partial charge in [0, 0.05) is 17.5 Å². The zero-order valence-electron chi connectivity index (χ0n) is 7.47. The topological polar surface area (TPSA) is 12.0 Å². The Morgan fingerprint density at radius 3 is 3.08 bits per heavy atom. The summed E-state index contributed by atoms with van der Waals surface area (Å²) in [5, 5.41) is 3.42. The Morgan fingerprint density at radius 1 is 1.54 bits per heavy atom. The highest BCUT2D eigenvalue weighted by Crippen LogP contribution is 2.37. The number of rotatable bonds is 0. The molecule has 70 valence electrons. The first kappa shape index (κ1) is 8.88. The van der Waals surface area contributed by atoms with Gasteiger partial charge in [0.1, 0.15) is 5.82 Å². The van der Waals surface area contributed by atoms with Crippen LogP contribution in [0.2, 0.25) is 0 Å². The number of nitrogens with one attached hydrogen (secondary N) is 1. The van der Waals surface area contributed by atoms with Crippen LogP contribution in [0.25, 0.3) is 0 Å². The van der Waals surface area contributed by atoms with E-state index < -0.39 is 0 Å². The first-order valence-electron chi connectivity index (χ1n) is 4.41. The summed E-state index contributed by atoms with van der Waals surface area (Å²) >= 11 is 4.45. The molecule has 0 saturated carbocycles. The van der Waals surface area contributed by atoms with Crippen molar-refractivity contribution in [3.63, 3.8) is 0 Å². The fraction of sp³-hybridized carbons (Fsp3) is 0.400. The van der Waals surface area contributed by atoms with E-state index >= 15 is 0 Å². The molecule has 0 radical (unpaired) electrons. The van der Waals surface area contributed by atoms with Gasteiger partial charge in [-0.15, -0.1) is 0 Å². The molecular weight excluding hydrogens is 185 g/mol. The molecule has 1 aliphatic rings. The summed E-state index contributed by atoms with van der Waals surface area (Å²) in [5.41, 5.74) is 2.78. The van der Waals surface area contributed by atoms with Crippen LogP contribution in [0.4, 0.5) is 10.1 Å². The summed E-state index contributed by atoms with van der Waals surface area (Å²) in [5.74, 6) is -0.137. The maximum atomic E-state index is 13.2. The summed E-state index contributed by atoms with van der Waals surface area (Å²) in [7, 11) is 0. The van der Waals surface area contributed by atoms with Gasteiger partial charge in [0.25, 0.3) is 0 Å². The second-order valence-electron chi connectivity index (χ2n) is 3.36. The van der Waals surface area contributed by atoms with Crippen LogP contribution in [0.1, 0.15) is 22.8 Å². The Hall–Kier alpha value is -0.700. The molecular formula is C10H12FNS. The van der Waals surface area contributed by atoms with Crippen LogP contribution in [-0.4, -0.2) is 6.54 Å². The van der Waals surface area contributed by atoms with Gasteiger partial charge >= 0.3 is 0 Å². The van der Waals surface area contributed by atoms with Crippen LogP contribution in [0, 0.1) is 12.7 Å². The predicted molar refractivity (Wildman–Crippen MR) is 56.0 cm³/mol. The van der Waals surface area contributed by atoms with Crippen LogP contribution in [0.15, 0.2) is 12.1 Å². The molecule has 2 rings (SSSR count). The molecule has 1 heterocycles. The van der Waals surface area contributed by atoms with Crippen molar-refractivity contribution in [3.8, 4) is 0 Å².